The van der Waals surface area contributed by atoms with E-state index in [2.05, 4.69) is 11.6 Å². The van der Waals surface area contributed by atoms with Crippen molar-refractivity contribution in [2.75, 3.05) is 5.73 Å². The van der Waals surface area contributed by atoms with Gasteiger partial charge >= 0.3 is 5.69 Å². The van der Waals surface area contributed by atoms with E-state index in [1.165, 1.54) is 6.92 Å². The van der Waals surface area contributed by atoms with E-state index in [9.17, 15) is 14.5 Å². The summed E-state index contributed by atoms with van der Waals surface area (Å²) in [4.78, 5) is 13.1. The van der Waals surface area contributed by atoms with E-state index in [0.29, 0.717) is 5.57 Å². The smallest absolute Gasteiger partial charge is 0.313 e. The Labute approximate surface area is 79.2 Å². The molecule has 1 aromatic heterocycles. The lowest BCUT2D eigenvalue weighted by Gasteiger charge is -2.03. The highest BCUT2D eigenvalue weighted by atomic mass is 19.1. The van der Waals surface area contributed by atoms with Gasteiger partial charge in [0.2, 0.25) is 0 Å². The van der Waals surface area contributed by atoms with Crippen LogP contribution >= 0.6 is 0 Å². The first-order valence-electron chi connectivity index (χ1n) is 3.69. The predicted molar refractivity (Wildman–Crippen MR) is 50.0 cm³/mol. The van der Waals surface area contributed by atoms with Crippen molar-refractivity contribution in [3.05, 3.63) is 34.4 Å². The van der Waals surface area contributed by atoms with Gasteiger partial charge in [0.25, 0.3) is 0 Å². The Morgan fingerprint density at radius 1 is 1.79 bits per heavy atom. The molecule has 0 radical (unpaired) electrons. The fourth-order valence-electron chi connectivity index (χ4n) is 0.935. The third-order valence-electron chi connectivity index (χ3n) is 1.64. The minimum Gasteiger partial charge on any atom is -0.391 e. The third kappa shape index (κ3) is 1.54. The lowest BCUT2D eigenvalue weighted by atomic mass is 10.2. The predicted octanol–water partition coefficient (Wildman–Crippen LogP) is 1.74. The molecule has 5 nitrogen and oxygen atoms in total. The summed E-state index contributed by atoms with van der Waals surface area (Å²) in [7, 11) is 0. The molecule has 1 rings (SSSR count). The summed E-state index contributed by atoms with van der Waals surface area (Å²) >= 11 is 0. The van der Waals surface area contributed by atoms with Gasteiger partial charge in [-0.15, -0.1) is 0 Å². The van der Waals surface area contributed by atoms with Crippen molar-refractivity contribution in [2.24, 2.45) is 0 Å². The van der Waals surface area contributed by atoms with Crippen LogP contribution in [0.15, 0.2) is 12.8 Å². The number of allylic oxidation sites excluding steroid dienone is 1. The first kappa shape index (κ1) is 10.1. The second-order valence-electron chi connectivity index (χ2n) is 2.76. The summed E-state index contributed by atoms with van der Waals surface area (Å²) in [5.74, 6) is -0.897. The van der Waals surface area contributed by atoms with E-state index in [-0.39, 0.29) is 5.69 Å². The van der Waals surface area contributed by atoms with Crippen molar-refractivity contribution in [2.45, 2.75) is 6.92 Å². The third-order valence-corrected chi connectivity index (χ3v) is 1.64. The molecule has 0 spiro atoms. The fourth-order valence-corrected chi connectivity index (χ4v) is 0.935. The van der Waals surface area contributed by atoms with Gasteiger partial charge in [0.1, 0.15) is 11.9 Å². The maximum absolute atomic E-state index is 13.3. The molecule has 0 bridgehead atoms. The SMILES string of the molecule is C=C(C)c1ncc([N+](=O)[O-])c(N)c1F. The summed E-state index contributed by atoms with van der Waals surface area (Å²) in [6, 6.07) is 0. The largest absolute Gasteiger partial charge is 0.391 e. The Hall–Kier alpha value is -1.98. The lowest BCUT2D eigenvalue weighted by Crippen LogP contribution is -2.03. The number of anilines is 1. The van der Waals surface area contributed by atoms with Crippen LogP contribution < -0.4 is 5.73 Å². The van der Waals surface area contributed by atoms with Crippen LogP contribution in [0.25, 0.3) is 5.57 Å². The van der Waals surface area contributed by atoms with Gasteiger partial charge in [0, 0.05) is 0 Å². The lowest BCUT2D eigenvalue weighted by molar-refractivity contribution is -0.384. The Kier molecular flexibility index (Phi) is 2.46. The summed E-state index contributed by atoms with van der Waals surface area (Å²) in [5, 5.41) is 10.4. The zero-order valence-corrected chi connectivity index (χ0v) is 7.45. The van der Waals surface area contributed by atoms with Crippen molar-refractivity contribution >= 4 is 16.9 Å². The topological polar surface area (TPSA) is 82.0 Å². The summed E-state index contributed by atoms with van der Waals surface area (Å²) in [5.41, 5.74) is 4.50. The summed E-state index contributed by atoms with van der Waals surface area (Å²) < 4.78 is 13.3. The number of hydrogen-bond donors (Lipinski definition) is 1. The molecule has 1 aromatic rings. The summed E-state index contributed by atoms with van der Waals surface area (Å²) in [6.45, 7) is 5.01. The Balaban J connectivity index is 3.41. The highest BCUT2D eigenvalue weighted by Crippen LogP contribution is 2.27. The Bertz CT molecular complexity index is 378. The number of nitrogen functional groups attached to an aromatic ring is 1. The molecule has 6 heteroatoms. The van der Waals surface area contributed by atoms with E-state index in [4.69, 9.17) is 5.73 Å². The highest BCUT2D eigenvalue weighted by Gasteiger charge is 2.19. The molecule has 0 aliphatic rings. The van der Waals surface area contributed by atoms with Crippen LogP contribution in [0.2, 0.25) is 0 Å². The van der Waals surface area contributed by atoms with Crippen LogP contribution in [0.4, 0.5) is 15.8 Å². The molecule has 0 amide bonds. The van der Waals surface area contributed by atoms with Crippen LogP contribution in [0.5, 0.6) is 0 Å². The minimum atomic E-state index is -0.897. The first-order chi connectivity index (χ1) is 6.45. The number of halogens is 1. The average Bonchev–Trinajstić information content (AvgIpc) is 2.08. The molecule has 14 heavy (non-hydrogen) atoms. The number of pyridine rings is 1. The molecule has 0 aliphatic heterocycles. The quantitative estimate of drug-likeness (QED) is 0.578. The zero-order chi connectivity index (χ0) is 10.9. The molecule has 0 aromatic carbocycles. The van der Waals surface area contributed by atoms with E-state index < -0.39 is 22.1 Å². The van der Waals surface area contributed by atoms with Crippen LogP contribution in [0.1, 0.15) is 12.6 Å². The van der Waals surface area contributed by atoms with Crippen molar-refractivity contribution < 1.29 is 9.31 Å². The molecule has 0 saturated carbocycles. The Morgan fingerprint density at radius 2 is 2.36 bits per heavy atom. The first-order valence-corrected chi connectivity index (χ1v) is 3.69. The van der Waals surface area contributed by atoms with Crippen LogP contribution in [-0.2, 0) is 0 Å². The summed E-state index contributed by atoms with van der Waals surface area (Å²) in [6.07, 6.45) is 0.919. The molecule has 0 saturated heterocycles. The zero-order valence-electron chi connectivity index (χ0n) is 7.45. The van der Waals surface area contributed by atoms with Gasteiger partial charge in [-0.1, -0.05) is 6.58 Å². The average molecular weight is 197 g/mol. The van der Waals surface area contributed by atoms with E-state index in [0.717, 1.165) is 6.20 Å². The second-order valence-corrected chi connectivity index (χ2v) is 2.76. The van der Waals surface area contributed by atoms with Crippen LogP contribution in [0.3, 0.4) is 0 Å². The standard InChI is InChI=1S/C8H8FN3O2/c1-4(2)8-6(9)7(10)5(3-11-8)12(13)14/h3H,1H2,2H3,(H2,10,11). The highest BCUT2D eigenvalue weighted by molar-refractivity contribution is 5.67. The van der Waals surface area contributed by atoms with Gasteiger partial charge < -0.3 is 5.73 Å². The number of nitrogens with two attached hydrogens (primary N) is 1. The van der Waals surface area contributed by atoms with E-state index in [1.54, 1.807) is 0 Å². The van der Waals surface area contributed by atoms with Gasteiger partial charge in [-0.05, 0) is 12.5 Å². The molecular formula is C8H8FN3O2. The van der Waals surface area contributed by atoms with E-state index >= 15 is 0 Å². The monoisotopic (exact) mass is 197 g/mol. The van der Waals surface area contributed by atoms with Crippen molar-refractivity contribution in [1.29, 1.82) is 0 Å². The van der Waals surface area contributed by atoms with Gasteiger partial charge in [0.05, 0.1) is 4.92 Å². The molecule has 0 unspecified atom stereocenters. The van der Waals surface area contributed by atoms with Crippen molar-refractivity contribution in [3.8, 4) is 0 Å². The maximum atomic E-state index is 13.3. The number of rotatable bonds is 2. The number of hydrogen-bond acceptors (Lipinski definition) is 4. The van der Waals surface area contributed by atoms with Gasteiger partial charge in [-0.2, -0.15) is 0 Å². The van der Waals surface area contributed by atoms with E-state index in [1.807, 2.05) is 0 Å². The number of nitro groups is 1. The van der Waals surface area contributed by atoms with Gasteiger partial charge in [-0.25, -0.2) is 9.37 Å². The number of nitrogens with zero attached hydrogens (tertiary/aromatic N) is 2. The van der Waals surface area contributed by atoms with Gasteiger partial charge in [-0.3, -0.25) is 10.1 Å². The molecular weight excluding hydrogens is 189 g/mol. The van der Waals surface area contributed by atoms with Crippen LogP contribution in [0, 0.1) is 15.9 Å². The van der Waals surface area contributed by atoms with Crippen molar-refractivity contribution in [3.63, 3.8) is 0 Å². The second kappa shape index (κ2) is 3.41. The fraction of sp³-hybridized carbons (Fsp3) is 0.125. The maximum Gasteiger partial charge on any atom is 0.313 e. The minimum absolute atomic E-state index is 0.0481. The molecule has 0 fully saturated rings. The van der Waals surface area contributed by atoms with Gasteiger partial charge in [0.15, 0.2) is 11.5 Å². The molecule has 0 atom stereocenters. The van der Waals surface area contributed by atoms with Crippen LogP contribution in [-0.4, -0.2) is 9.91 Å². The molecule has 74 valence electrons. The van der Waals surface area contributed by atoms with Crippen molar-refractivity contribution in [1.82, 2.24) is 4.98 Å². The molecule has 1 heterocycles. The Morgan fingerprint density at radius 3 is 2.79 bits per heavy atom. The normalized spacial score (nSPS) is 9.86. The number of aromatic nitrogens is 1. The molecule has 0 aliphatic carbocycles. The molecule has 2 N–H and O–H groups in total.